The highest BCUT2D eigenvalue weighted by Gasteiger charge is 2.14. The number of carbonyl (C=O) groups excluding carboxylic acids is 1. The predicted octanol–water partition coefficient (Wildman–Crippen LogP) is 2.82. The number of ether oxygens (including phenoxy) is 1. The fourth-order valence-electron chi connectivity index (χ4n) is 2.40. The van der Waals surface area contributed by atoms with Crippen LogP contribution in [0.4, 0.5) is 0 Å². The van der Waals surface area contributed by atoms with Crippen molar-refractivity contribution in [2.45, 2.75) is 33.3 Å². The summed E-state index contributed by atoms with van der Waals surface area (Å²) in [6.07, 6.45) is -0.222. The molecule has 1 atom stereocenters. The minimum Gasteiger partial charge on any atom is -0.484 e. The zero-order chi connectivity index (χ0) is 16.8. The van der Waals surface area contributed by atoms with Crippen molar-refractivity contribution in [3.63, 3.8) is 0 Å². The summed E-state index contributed by atoms with van der Waals surface area (Å²) in [7, 11) is 0. The molecule has 0 aliphatic heterocycles. The summed E-state index contributed by atoms with van der Waals surface area (Å²) in [6.45, 7) is 5.93. The van der Waals surface area contributed by atoms with Gasteiger partial charge in [0.1, 0.15) is 17.3 Å². The summed E-state index contributed by atoms with van der Waals surface area (Å²) >= 11 is 0. The van der Waals surface area contributed by atoms with E-state index in [0.717, 1.165) is 16.9 Å². The Labute approximate surface area is 136 Å². The number of para-hydroxylation sites is 1. The van der Waals surface area contributed by atoms with Gasteiger partial charge in [-0.25, -0.2) is 0 Å². The van der Waals surface area contributed by atoms with Crippen molar-refractivity contribution < 1.29 is 19.1 Å². The third kappa shape index (κ3) is 4.86. The van der Waals surface area contributed by atoms with Gasteiger partial charge in [-0.15, -0.1) is 0 Å². The third-order valence-electron chi connectivity index (χ3n) is 3.63. The number of aryl methyl sites for hydroxylation is 3. The molecule has 0 radical (unpaired) electrons. The van der Waals surface area contributed by atoms with E-state index in [1.54, 1.807) is 0 Å². The first-order valence-corrected chi connectivity index (χ1v) is 7.67. The molecule has 2 N–H and O–H groups in total. The Hall–Kier alpha value is -2.27. The number of carbonyl (C=O) groups is 1. The van der Waals surface area contributed by atoms with Gasteiger partial charge in [0, 0.05) is 12.1 Å². The van der Waals surface area contributed by atoms with Crippen molar-refractivity contribution in [1.29, 1.82) is 0 Å². The van der Waals surface area contributed by atoms with E-state index in [0.29, 0.717) is 24.5 Å². The quantitative estimate of drug-likeness (QED) is 0.824. The van der Waals surface area contributed by atoms with E-state index in [2.05, 4.69) is 5.32 Å². The van der Waals surface area contributed by atoms with Crippen LogP contribution in [-0.4, -0.2) is 24.2 Å². The highest BCUT2D eigenvalue weighted by atomic mass is 16.5. The Morgan fingerprint density at radius 2 is 2.04 bits per heavy atom. The van der Waals surface area contributed by atoms with E-state index < -0.39 is 6.10 Å². The van der Waals surface area contributed by atoms with Crippen molar-refractivity contribution in [2.24, 2.45) is 0 Å². The molecule has 0 saturated carbocycles. The smallest absolute Gasteiger partial charge is 0.257 e. The summed E-state index contributed by atoms with van der Waals surface area (Å²) in [5.41, 5.74) is 1.76. The number of furan rings is 1. The molecule has 0 saturated heterocycles. The second-order valence-electron chi connectivity index (χ2n) is 5.58. The van der Waals surface area contributed by atoms with Crippen molar-refractivity contribution in [2.75, 3.05) is 13.2 Å². The molecule has 0 spiro atoms. The van der Waals surface area contributed by atoms with E-state index in [9.17, 15) is 9.90 Å². The molecule has 5 heteroatoms. The van der Waals surface area contributed by atoms with Crippen LogP contribution in [-0.2, 0) is 4.79 Å². The zero-order valence-electron chi connectivity index (χ0n) is 13.8. The van der Waals surface area contributed by atoms with E-state index >= 15 is 0 Å². The molecule has 0 aliphatic carbocycles. The molecular formula is C18H23NO4. The fourth-order valence-corrected chi connectivity index (χ4v) is 2.40. The number of hydrogen-bond acceptors (Lipinski definition) is 4. The number of benzene rings is 1. The van der Waals surface area contributed by atoms with Crippen molar-refractivity contribution in [1.82, 2.24) is 5.32 Å². The van der Waals surface area contributed by atoms with Crippen LogP contribution in [0.25, 0.3) is 0 Å². The van der Waals surface area contributed by atoms with Crippen LogP contribution in [0.3, 0.4) is 0 Å². The third-order valence-corrected chi connectivity index (χ3v) is 3.63. The summed E-state index contributed by atoms with van der Waals surface area (Å²) in [6, 6.07) is 9.37. The van der Waals surface area contributed by atoms with E-state index in [1.165, 1.54) is 0 Å². The molecule has 1 aromatic carbocycles. The van der Waals surface area contributed by atoms with Gasteiger partial charge in [0.2, 0.25) is 0 Å². The summed E-state index contributed by atoms with van der Waals surface area (Å²) in [5.74, 6) is 1.98. The van der Waals surface area contributed by atoms with Gasteiger partial charge in [0.05, 0.1) is 6.10 Å². The van der Waals surface area contributed by atoms with Crippen molar-refractivity contribution in [3.8, 4) is 5.75 Å². The molecule has 2 aromatic rings. The zero-order valence-corrected chi connectivity index (χ0v) is 13.8. The maximum Gasteiger partial charge on any atom is 0.257 e. The maximum absolute atomic E-state index is 11.8. The lowest BCUT2D eigenvalue weighted by Crippen LogP contribution is -2.30. The van der Waals surface area contributed by atoms with Crippen LogP contribution in [0, 0.1) is 20.8 Å². The van der Waals surface area contributed by atoms with Crippen LogP contribution < -0.4 is 10.1 Å². The fraction of sp³-hybridized carbons (Fsp3) is 0.389. The molecule has 23 heavy (non-hydrogen) atoms. The lowest BCUT2D eigenvalue weighted by molar-refractivity contribution is -0.123. The van der Waals surface area contributed by atoms with E-state index in [4.69, 9.17) is 9.15 Å². The Balaban J connectivity index is 1.72. The molecule has 2 rings (SSSR count). The Kier molecular flexibility index (Phi) is 5.82. The lowest BCUT2D eigenvalue weighted by atomic mass is 10.1. The van der Waals surface area contributed by atoms with Gasteiger partial charge in [0.15, 0.2) is 6.61 Å². The molecule has 0 aliphatic rings. The van der Waals surface area contributed by atoms with Gasteiger partial charge >= 0.3 is 0 Å². The molecule has 5 nitrogen and oxygen atoms in total. The van der Waals surface area contributed by atoms with Gasteiger partial charge in [-0.2, -0.15) is 0 Å². The second kappa shape index (κ2) is 7.83. The van der Waals surface area contributed by atoms with Crippen LogP contribution in [0.15, 0.2) is 34.7 Å². The average Bonchev–Trinajstić information content (AvgIpc) is 2.85. The lowest BCUT2D eigenvalue weighted by Gasteiger charge is -2.12. The van der Waals surface area contributed by atoms with E-state index in [1.807, 2.05) is 51.1 Å². The molecule has 0 bridgehead atoms. The number of rotatable bonds is 7. The first-order chi connectivity index (χ1) is 11.0. The monoisotopic (exact) mass is 317 g/mol. The molecular weight excluding hydrogens is 294 g/mol. The van der Waals surface area contributed by atoms with Gasteiger partial charge in [-0.05, 0) is 44.9 Å². The molecule has 1 amide bonds. The molecule has 124 valence electrons. The van der Waals surface area contributed by atoms with Gasteiger partial charge in [0.25, 0.3) is 5.91 Å². The Morgan fingerprint density at radius 1 is 1.30 bits per heavy atom. The van der Waals surface area contributed by atoms with Gasteiger partial charge in [-0.3, -0.25) is 4.79 Å². The van der Waals surface area contributed by atoms with Crippen LogP contribution in [0.2, 0.25) is 0 Å². The summed E-state index contributed by atoms with van der Waals surface area (Å²) < 4.78 is 10.9. The van der Waals surface area contributed by atoms with Crippen molar-refractivity contribution >= 4 is 5.91 Å². The normalized spacial score (nSPS) is 12.0. The SMILES string of the molecule is Cc1cc([C@H](O)CCNC(=O)COc2ccccc2C)c(C)o1. The molecule has 0 fully saturated rings. The number of amides is 1. The molecule has 1 aromatic heterocycles. The number of aliphatic hydroxyl groups is 1. The van der Waals surface area contributed by atoms with Crippen LogP contribution in [0.1, 0.15) is 35.2 Å². The summed E-state index contributed by atoms with van der Waals surface area (Å²) in [5, 5.41) is 12.9. The predicted molar refractivity (Wildman–Crippen MR) is 87.4 cm³/mol. The Morgan fingerprint density at radius 3 is 2.70 bits per heavy atom. The second-order valence-corrected chi connectivity index (χ2v) is 5.58. The number of aliphatic hydroxyl groups excluding tert-OH is 1. The van der Waals surface area contributed by atoms with Gasteiger partial charge in [-0.1, -0.05) is 18.2 Å². The standard InChI is InChI=1S/C18H23NO4/c1-12-6-4-5-7-17(12)22-11-18(21)19-9-8-16(20)15-10-13(2)23-14(15)3/h4-7,10,16,20H,8-9,11H2,1-3H3,(H,19,21)/t16-/m1/s1. The average molecular weight is 317 g/mol. The van der Waals surface area contributed by atoms with E-state index in [-0.39, 0.29) is 12.5 Å². The van der Waals surface area contributed by atoms with Crippen LogP contribution in [0.5, 0.6) is 5.75 Å². The molecule has 1 heterocycles. The van der Waals surface area contributed by atoms with Gasteiger partial charge < -0.3 is 19.6 Å². The van der Waals surface area contributed by atoms with Crippen molar-refractivity contribution in [3.05, 3.63) is 53.0 Å². The minimum absolute atomic E-state index is 0.0369. The first kappa shape index (κ1) is 17.1. The maximum atomic E-state index is 11.8. The molecule has 0 unspecified atom stereocenters. The number of hydrogen-bond donors (Lipinski definition) is 2. The number of nitrogens with one attached hydrogen (secondary N) is 1. The minimum atomic E-state index is -0.648. The highest BCUT2D eigenvalue weighted by molar-refractivity contribution is 5.77. The first-order valence-electron chi connectivity index (χ1n) is 7.67. The Bertz CT molecular complexity index is 663. The topological polar surface area (TPSA) is 71.7 Å². The largest absolute Gasteiger partial charge is 0.484 e. The summed E-state index contributed by atoms with van der Waals surface area (Å²) in [4.78, 5) is 11.8. The highest BCUT2D eigenvalue weighted by Crippen LogP contribution is 2.23. The van der Waals surface area contributed by atoms with Crippen LogP contribution >= 0.6 is 0 Å².